The van der Waals surface area contributed by atoms with Crippen LogP contribution in [0, 0.1) is 6.92 Å². The van der Waals surface area contributed by atoms with Crippen molar-refractivity contribution < 1.29 is 4.79 Å². The Kier molecular flexibility index (Phi) is 1.92. The lowest BCUT2D eigenvalue weighted by Gasteiger charge is -2.09. The van der Waals surface area contributed by atoms with Crippen LogP contribution in [0.2, 0.25) is 0 Å². The standard InChI is InChI=1S/C9H10N2OS/c1-6-3-4-13-9(6)11-8(12)5-7(2)10-11/h3-4H,5H2,1-2H3. The third-order valence-corrected chi connectivity index (χ3v) is 2.93. The van der Waals surface area contributed by atoms with Crippen LogP contribution in [-0.4, -0.2) is 11.6 Å². The quantitative estimate of drug-likeness (QED) is 0.674. The molecule has 1 amide bonds. The second kappa shape index (κ2) is 2.96. The molecule has 4 heteroatoms. The predicted molar refractivity (Wildman–Crippen MR) is 54.3 cm³/mol. The van der Waals surface area contributed by atoms with Crippen LogP contribution in [0.5, 0.6) is 0 Å². The third-order valence-electron chi connectivity index (χ3n) is 1.94. The molecule has 1 aromatic heterocycles. The molecule has 68 valence electrons. The van der Waals surface area contributed by atoms with Crippen LogP contribution in [0.1, 0.15) is 18.9 Å². The van der Waals surface area contributed by atoms with Crippen molar-refractivity contribution in [2.45, 2.75) is 20.3 Å². The number of carbonyl (C=O) groups is 1. The van der Waals surface area contributed by atoms with Crippen LogP contribution in [0.25, 0.3) is 0 Å². The van der Waals surface area contributed by atoms with E-state index in [4.69, 9.17) is 0 Å². The van der Waals surface area contributed by atoms with Crippen molar-refractivity contribution >= 4 is 28.0 Å². The van der Waals surface area contributed by atoms with Crippen LogP contribution < -0.4 is 5.01 Å². The Balaban J connectivity index is 2.37. The molecule has 0 aliphatic carbocycles. The van der Waals surface area contributed by atoms with E-state index in [0.29, 0.717) is 6.42 Å². The maximum absolute atomic E-state index is 11.5. The first-order chi connectivity index (χ1) is 6.18. The van der Waals surface area contributed by atoms with E-state index in [-0.39, 0.29) is 5.91 Å². The van der Waals surface area contributed by atoms with Crippen molar-refractivity contribution in [1.29, 1.82) is 0 Å². The van der Waals surface area contributed by atoms with Gasteiger partial charge in [-0.3, -0.25) is 4.79 Å². The molecule has 1 aliphatic rings. The minimum atomic E-state index is 0.0723. The Hall–Kier alpha value is -1.16. The van der Waals surface area contributed by atoms with Crippen LogP contribution in [0.3, 0.4) is 0 Å². The van der Waals surface area contributed by atoms with E-state index in [2.05, 4.69) is 5.10 Å². The average Bonchev–Trinajstić information content (AvgIpc) is 2.58. The Bertz CT molecular complexity index is 381. The number of rotatable bonds is 1. The van der Waals surface area contributed by atoms with Gasteiger partial charge in [-0.2, -0.15) is 10.1 Å². The van der Waals surface area contributed by atoms with E-state index in [9.17, 15) is 4.79 Å². The van der Waals surface area contributed by atoms with Crippen molar-refractivity contribution in [3.8, 4) is 0 Å². The topological polar surface area (TPSA) is 32.7 Å². The molecule has 0 radical (unpaired) electrons. The molecule has 3 nitrogen and oxygen atoms in total. The fraction of sp³-hybridized carbons (Fsp3) is 0.333. The second-order valence-corrected chi connectivity index (χ2v) is 4.02. The zero-order valence-electron chi connectivity index (χ0n) is 7.57. The maximum atomic E-state index is 11.5. The summed E-state index contributed by atoms with van der Waals surface area (Å²) in [7, 11) is 0. The Labute approximate surface area is 80.7 Å². The monoisotopic (exact) mass is 194 g/mol. The number of hydrogen-bond donors (Lipinski definition) is 0. The first-order valence-electron chi connectivity index (χ1n) is 4.09. The van der Waals surface area contributed by atoms with Crippen molar-refractivity contribution in [2.75, 3.05) is 5.01 Å². The van der Waals surface area contributed by atoms with Crippen molar-refractivity contribution in [1.82, 2.24) is 0 Å². The van der Waals surface area contributed by atoms with Gasteiger partial charge in [-0.1, -0.05) is 0 Å². The summed E-state index contributed by atoms with van der Waals surface area (Å²) in [6.45, 7) is 3.86. The Morgan fingerprint density at radius 1 is 1.54 bits per heavy atom. The van der Waals surface area contributed by atoms with E-state index in [1.165, 1.54) is 5.01 Å². The number of nitrogens with zero attached hydrogens (tertiary/aromatic N) is 2. The zero-order chi connectivity index (χ0) is 9.42. The molecule has 0 saturated carbocycles. The lowest BCUT2D eigenvalue weighted by molar-refractivity contribution is -0.116. The van der Waals surface area contributed by atoms with Gasteiger partial charge in [-0.25, -0.2) is 0 Å². The number of amides is 1. The minimum absolute atomic E-state index is 0.0723. The molecule has 0 bridgehead atoms. The molecule has 1 aromatic rings. The molecule has 2 rings (SSSR count). The van der Waals surface area contributed by atoms with Gasteiger partial charge in [0.2, 0.25) is 0 Å². The number of aryl methyl sites for hydroxylation is 1. The number of anilines is 1. The summed E-state index contributed by atoms with van der Waals surface area (Å²) >= 11 is 1.55. The van der Waals surface area contributed by atoms with E-state index < -0.39 is 0 Å². The highest BCUT2D eigenvalue weighted by Crippen LogP contribution is 2.29. The fourth-order valence-corrected chi connectivity index (χ4v) is 2.19. The average molecular weight is 194 g/mol. The van der Waals surface area contributed by atoms with Crippen LogP contribution in [0.4, 0.5) is 5.00 Å². The Morgan fingerprint density at radius 2 is 2.31 bits per heavy atom. The van der Waals surface area contributed by atoms with Crippen LogP contribution in [0.15, 0.2) is 16.5 Å². The van der Waals surface area contributed by atoms with E-state index in [1.807, 2.05) is 25.3 Å². The highest BCUT2D eigenvalue weighted by atomic mass is 32.1. The van der Waals surface area contributed by atoms with Crippen molar-refractivity contribution in [3.63, 3.8) is 0 Å². The van der Waals surface area contributed by atoms with Crippen molar-refractivity contribution in [3.05, 3.63) is 17.0 Å². The highest BCUT2D eigenvalue weighted by Gasteiger charge is 2.24. The lowest BCUT2D eigenvalue weighted by Crippen LogP contribution is -2.18. The summed E-state index contributed by atoms with van der Waals surface area (Å²) in [5, 5.41) is 8.61. The van der Waals surface area contributed by atoms with Gasteiger partial charge in [-0.05, 0) is 30.9 Å². The van der Waals surface area contributed by atoms with Crippen LogP contribution in [-0.2, 0) is 4.79 Å². The van der Waals surface area contributed by atoms with E-state index in [0.717, 1.165) is 16.3 Å². The molecule has 0 atom stereocenters. The molecule has 13 heavy (non-hydrogen) atoms. The van der Waals surface area contributed by atoms with Gasteiger partial charge < -0.3 is 0 Å². The summed E-state index contributed by atoms with van der Waals surface area (Å²) in [6, 6.07) is 2.00. The number of hydrogen-bond acceptors (Lipinski definition) is 3. The first-order valence-corrected chi connectivity index (χ1v) is 4.97. The lowest BCUT2D eigenvalue weighted by atomic mass is 10.3. The van der Waals surface area contributed by atoms with Crippen molar-refractivity contribution in [2.24, 2.45) is 5.10 Å². The molecular weight excluding hydrogens is 184 g/mol. The molecule has 0 spiro atoms. The summed E-state index contributed by atoms with van der Waals surface area (Å²) in [5.74, 6) is 0.0723. The second-order valence-electron chi connectivity index (χ2n) is 3.13. The largest absolute Gasteiger partial charge is 0.272 e. The zero-order valence-corrected chi connectivity index (χ0v) is 8.39. The normalized spacial score (nSPS) is 16.6. The minimum Gasteiger partial charge on any atom is -0.272 e. The highest BCUT2D eigenvalue weighted by molar-refractivity contribution is 7.14. The van der Waals surface area contributed by atoms with Gasteiger partial charge in [0.15, 0.2) is 0 Å². The number of thiophene rings is 1. The smallest absolute Gasteiger partial charge is 0.253 e. The summed E-state index contributed by atoms with van der Waals surface area (Å²) < 4.78 is 0. The first kappa shape index (κ1) is 8.44. The molecule has 2 heterocycles. The fourth-order valence-electron chi connectivity index (χ4n) is 1.30. The molecule has 0 saturated heterocycles. The van der Waals surface area contributed by atoms with E-state index in [1.54, 1.807) is 11.3 Å². The Morgan fingerprint density at radius 3 is 2.77 bits per heavy atom. The van der Waals surface area contributed by atoms with Gasteiger partial charge in [0.05, 0.1) is 6.42 Å². The molecule has 0 unspecified atom stereocenters. The van der Waals surface area contributed by atoms with Gasteiger partial charge in [0.1, 0.15) is 5.00 Å². The van der Waals surface area contributed by atoms with Gasteiger partial charge in [-0.15, -0.1) is 11.3 Å². The summed E-state index contributed by atoms with van der Waals surface area (Å²) in [6.07, 6.45) is 0.456. The van der Waals surface area contributed by atoms with Gasteiger partial charge in [0, 0.05) is 5.71 Å². The molecule has 1 aliphatic heterocycles. The molecule has 0 N–H and O–H groups in total. The molecule has 0 aromatic carbocycles. The summed E-state index contributed by atoms with van der Waals surface area (Å²) in [5.41, 5.74) is 2.00. The summed E-state index contributed by atoms with van der Waals surface area (Å²) in [4.78, 5) is 11.5. The van der Waals surface area contributed by atoms with Gasteiger partial charge in [0.25, 0.3) is 5.91 Å². The number of carbonyl (C=O) groups excluding carboxylic acids is 1. The number of hydrazone groups is 1. The van der Waals surface area contributed by atoms with Gasteiger partial charge >= 0.3 is 0 Å². The third kappa shape index (κ3) is 1.37. The molecule has 0 fully saturated rings. The molecular formula is C9H10N2OS. The predicted octanol–water partition coefficient (Wildman–Crippen LogP) is 2.17. The van der Waals surface area contributed by atoms with E-state index >= 15 is 0 Å². The SMILES string of the molecule is CC1=NN(c2sccc2C)C(=O)C1. The van der Waals surface area contributed by atoms with Crippen LogP contribution >= 0.6 is 11.3 Å². The maximum Gasteiger partial charge on any atom is 0.253 e.